The second kappa shape index (κ2) is 2.67. The molecular weight excluding hydrogens is 256 g/mol. The van der Waals surface area contributed by atoms with Crippen LogP contribution < -0.4 is 5.73 Å². The number of aromatic hydroxyl groups is 1. The zero-order valence-corrected chi connectivity index (χ0v) is 8.68. The summed E-state index contributed by atoms with van der Waals surface area (Å²) in [5.74, 6) is -2.93. The average Bonchev–Trinajstić information content (AvgIpc) is 2.58. The second-order valence-electron chi connectivity index (χ2n) is 3.52. The Balaban J connectivity index is 2.48. The summed E-state index contributed by atoms with van der Waals surface area (Å²) in [6.45, 7) is 0. The van der Waals surface area contributed by atoms with Gasteiger partial charge < -0.3 is 10.8 Å². The molecule has 0 saturated heterocycles. The number of halogens is 3. The number of alkyl halides is 2. The maximum atomic E-state index is 13.0. The lowest BCUT2D eigenvalue weighted by Crippen LogP contribution is -2.27. The van der Waals surface area contributed by atoms with Crippen molar-refractivity contribution in [3.63, 3.8) is 0 Å². The zero-order valence-electron chi connectivity index (χ0n) is 7.10. The van der Waals surface area contributed by atoms with Crippen LogP contribution in [0.2, 0.25) is 0 Å². The lowest BCUT2D eigenvalue weighted by molar-refractivity contribution is 0.0889. The number of phenolic OH excluding ortho intramolecular Hbond substituents is 1. The molecule has 76 valence electrons. The lowest BCUT2D eigenvalue weighted by atomic mass is 10.1. The highest BCUT2D eigenvalue weighted by atomic mass is 79.9. The monoisotopic (exact) mass is 263 g/mol. The van der Waals surface area contributed by atoms with E-state index in [0.717, 1.165) is 0 Å². The largest absolute Gasteiger partial charge is 0.508 e. The number of hydrogen-bond donors (Lipinski definition) is 2. The summed E-state index contributed by atoms with van der Waals surface area (Å²) < 4.78 is 26.4. The van der Waals surface area contributed by atoms with Gasteiger partial charge in [-0.2, -0.15) is 0 Å². The van der Waals surface area contributed by atoms with E-state index in [2.05, 4.69) is 15.9 Å². The Morgan fingerprint density at radius 3 is 2.50 bits per heavy atom. The molecule has 0 amide bonds. The molecule has 3 N–H and O–H groups in total. The predicted octanol–water partition coefficient (Wildman–Crippen LogP) is 2.35. The van der Waals surface area contributed by atoms with Gasteiger partial charge in [-0.15, -0.1) is 0 Å². The molecule has 1 aromatic carbocycles. The van der Waals surface area contributed by atoms with Crippen molar-refractivity contribution in [2.24, 2.45) is 5.73 Å². The van der Waals surface area contributed by atoms with Crippen molar-refractivity contribution in [1.29, 1.82) is 0 Å². The Hall–Kier alpha value is -0.680. The molecular formula is C9H8BrF2NO. The van der Waals surface area contributed by atoms with Gasteiger partial charge in [0.15, 0.2) is 0 Å². The molecule has 0 heterocycles. The third kappa shape index (κ3) is 1.23. The molecule has 1 aliphatic rings. The fraction of sp³-hybridized carbons (Fsp3) is 0.333. The van der Waals surface area contributed by atoms with E-state index in [9.17, 15) is 13.9 Å². The van der Waals surface area contributed by atoms with Crippen molar-refractivity contribution in [2.75, 3.05) is 0 Å². The standard InChI is InChI=1S/C9H8BrF2NO/c10-7-2-1-5(14)3-6(7)8(13)4-9(8,11)12/h1-3,14H,4,13H2. The van der Waals surface area contributed by atoms with Crippen molar-refractivity contribution in [3.8, 4) is 5.75 Å². The molecule has 0 spiro atoms. The van der Waals surface area contributed by atoms with Gasteiger partial charge in [0.1, 0.15) is 11.3 Å². The summed E-state index contributed by atoms with van der Waals surface area (Å²) in [5.41, 5.74) is 4.16. The van der Waals surface area contributed by atoms with Crippen LogP contribution in [-0.4, -0.2) is 11.0 Å². The van der Waals surface area contributed by atoms with Crippen molar-refractivity contribution >= 4 is 15.9 Å². The van der Waals surface area contributed by atoms with E-state index in [-0.39, 0.29) is 17.7 Å². The molecule has 0 radical (unpaired) electrons. The van der Waals surface area contributed by atoms with E-state index in [1.54, 1.807) is 0 Å². The summed E-state index contributed by atoms with van der Waals surface area (Å²) in [6.07, 6.45) is -0.373. The Bertz CT molecular complexity index is 396. The molecule has 1 aromatic rings. The second-order valence-corrected chi connectivity index (χ2v) is 4.37. The van der Waals surface area contributed by atoms with Crippen molar-refractivity contribution in [2.45, 2.75) is 17.9 Å². The molecule has 1 saturated carbocycles. The highest BCUT2D eigenvalue weighted by Gasteiger charge is 2.70. The molecule has 0 bridgehead atoms. The van der Waals surface area contributed by atoms with E-state index in [1.165, 1.54) is 18.2 Å². The van der Waals surface area contributed by atoms with Gasteiger partial charge in [0.05, 0.1) is 0 Å². The highest BCUT2D eigenvalue weighted by molar-refractivity contribution is 9.10. The first-order chi connectivity index (χ1) is 6.37. The average molecular weight is 264 g/mol. The van der Waals surface area contributed by atoms with Gasteiger partial charge in [-0.25, -0.2) is 8.78 Å². The first-order valence-electron chi connectivity index (χ1n) is 4.02. The van der Waals surface area contributed by atoms with E-state index in [1.807, 2.05) is 0 Å². The fourth-order valence-electron chi connectivity index (χ4n) is 1.45. The maximum absolute atomic E-state index is 13.0. The summed E-state index contributed by atoms with van der Waals surface area (Å²) in [5, 5.41) is 9.18. The topological polar surface area (TPSA) is 46.2 Å². The summed E-state index contributed by atoms with van der Waals surface area (Å²) in [6, 6.07) is 4.19. The molecule has 1 aliphatic carbocycles. The quantitative estimate of drug-likeness (QED) is 0.817. The van der Waals surface area contributed by atoms with Crippen LogP contribution in [0.15, 0.2) is 22.7 Å². The van der Waals surface area contributed by atoms with Gasteiger partial charge in [-0.05, 0) is 23.8 Å². The minimum absolute atomic E-state index is 0.0595. The number of rotatable bonds is 1. The Kier molecular flexibility index (Phi) is 1.88. The van der Waals surface area contributed by atoms with Gasteiger partial charge in [0.25, 0.3) is 5.92 Å². The van der Waals surface area contributed by atoms with Crippen LogP contribution in [0.1, 0.15) is 12.0 Å². The van der Waals surface area contributed by atoms with E-state index >= 15 is 0 Å². The predicted molar refractivity (Wildman–Crippen MR) is 51.2 cm³/mol. The van der Waals surface area contributed by atoms with Crippen LogP contribution in [0.3, 0.4) is 0 Å². The highest BCUT2D eigenvalue weighted by Crippen LogP contribution is 2.59. The van der Waals surface area contributed by atoms with Crippen LogP contribution in [-0.2, 0) is 5.54 Å². The minimum Gasteiger partial charge on any atom is -0.508 e. The molecule has 5 heteroatoms. The van der Waals surface area contributed by atoms with Gasteiger partial charge in [-0.3, -0.25) is 0 Å². The number of phenols is 1. The van der Waals surface area contributed by atoms with Crippen molar-refractivity contribution in [1.82, 2.24) is 0 Å². The Morgan fingerprint density at radius 2 is 2.00 bits per heavy atom. The maximum Gasteiger partial charge on any atom is 0.272 e. The molecule has 1 unspecified atom stereocenters. The number of nitrogens with two attached hydrogens (primary N) is 1. The molecule has 2 nitrogen and oxygen atoms in total. The summed E-state index contributed by atoms with van der Waals surface area (Å²) >= 11 is 3.13. The van der Waals surface area contributed by atoms with E-state index in [0.29, 0.717) is 4.47 Å². The Morgan fingerprint density at radius 1 is 1.43 bits per heavy atom. The van der Waals surface area contributed by atoms with Gasteiger partial charge in [0.2, 0.25) is 0 Å². The summed E-state index contributed by atoms with van der Waals surface area (Å²) in [4.78, 5) is 0. The van der Waals surface area contributed by atoms with Gasteiger partial charge in [0, 0.05) is 10.9 Å². The van der Waals surface area contributed by atoms with Gasteiger partial charge in [-0.1, -0.05) is 15.9 Å². The van der Waals surface area contributed by atoms with Gasteiger partial charge >= 0.3 is 0 Å². The molecule has 14 heavy (non-hydrogen) atoms. The fourth-order valence-corrected chi connectivity index (χ4v) is 2.05. The number of benzene rings is 1. The first kappa shape index (κ1) is 9.86. The molecule has 0 aliphatic heterocycles. The van der Waals surface area contributed by atoms with Crippen LogP contribution in [0.4, 0.5) is 8.78 Å². The van der Waals surface area contributed by atoms with Crippen LogP contribution in [0, 0.1) is 0 Å². The third-order valence-electron chi connectivity index (χ3n) is 2.46. The van der Waals surface area contributed by atoms with Crippen LogP contribution in [0.5, 0.6) is 5.75 Å². The minimum atomic E-state index is -2.87. The zero-order chi connectivity index (χ0) is 10.6. The first-order valence-corrected chi connectivity index (χ1v) is 4.82. The molecule has 1 atom stereocenters. The smallest absolute Gasteiger partial charge is 0.272 e. The van der Waals surface area contributed by atoms with Crippen LogP contribution >= 0.6 is 15.9 Å². The van der Waals surface area contributed by atoms with Crippen molar-refractivity contribution in [3.05, 3.63) is 28.2 Å². The molecule has 2 rings (SSSR count). The van der Waals surface area contributed by atoms with Crippen molar-refractivity contribution < 1.29 is 13.9 Å². The molecule has 0 aromatic heterocycles. The van der Waals surface area contributed by atoms with Crippen LogP contribution in [0.25, 0.3) is 0 Å². The Labute approximate surface area is 87.9 Å². The third-order valence-corrected chi connectivity index (χ3v) is 3.15. The molecule has 1 fully saturated rings. The number of hydrogen-bond acceptors (Lipinski definition) is 2. The van der Waals surface area contributed by atoms with E-state index < -0.39 is 11.5 Å². The summed E-state index contributed by atoms with van der Waals surface area (Å²) in [7, 11) is 0. The van der Waals surface area contributed by atoms with E-state index in [4.69, 9.17) is 5.73 Å². The lowest BCUT2D eigenvalue weighted by Gasteiger charge is -2.13. The SMILES string of the molecule is NC1(c2cc(O)ccc2Br)CC1(F)F. The normalized spacial score (nSPS) is 28.9.